The van der Waals surface area contributed by atoms with Gasteiger partial charge >= 0.3 is 6.18 Å². The highest BCUT2D eigenvalue weighted by Crippen LogP contribution is 2.29. The Hall–Kier alpha value is -2.41. The molecule has 2 rings (SSSR count). The van der Waals surface area contributed by atoms with Crippen molar-refractivity contribution in [3.63, 3.8) is 0 Å². The molecule has 2 aromatic carbocycles. The van der Waals surface area contributed by atoms with Crippen LogP contribution in [0.25, 0.3) is 0 Å². The molecule has 1 amide bonds. The van der Waals surface area contributed by atoms with E-state index in [2.05, 4.69) is 5.32 Å². The summed E-state index contributed by atoms with van der Waals surface area (Å²) >= 11 is 0. The molecule has 0 unspecified atom stereocenters. The molecule has 0 spiro atoms. The van der Waals surface area contributed by atoms with E-state index in [1.807, 2.05) is 0 Å². The van der Waals surface area contributed by atoms with E-state index in [4.69, 9.17) is 0 Å². The van der Waals surface area contributed by atoms with Gasteiger partial charge in [0.25, 0.3) is 0 Å². The Morgan fingerprint density at radius 1 is 1.12 bits per heavy atom. The number of amides is 1. The maximum atomic E-state index is 13.5. The van der Waals surface area contributed by atoms with Crippen molar-refractivity contribution in [1.29, 1.82) is 0 Å². The van der Waals surface area contributed by atoms with Crippen LogP contribution in [0.2, 0.25) is 0 Å². The Kier molecular flexibility index (Phi) is 6.14. The summed E-state index contributed by atoms with van der Waals surface area (Å²) in [5.74, 6) is -0.738. The number of hydrogen-bond acceptors (Lipinski definition) is 2. The molecule has 0 heterocycles. The zero-order valence-electron chi connectivity index (χ0n) is 13.6. The van der Waals surface area contributed by atoms with Gasteiger partial charge in [0.2, 0.25) is 5.91 Å². The molecule has 0 fully saturated rings. The standard InChI is InChI=1S/C18H18F4N2O/c1-24(11-13-5-4-7-15(9-13)18(20,21)22)12-17(25)23-10-14-6-2-3-8-16(14)19/h2-9H,10-12H2,1H3,(H,23,25). The Morgan fingerprint density at radius 3 is 2.52 bits per heavy atom. The molecule has 0 aromatic heterocycles. The fourth-order valence-corrected chi connectivity index (χ4v) is 2.35. The number of carbonyl (C=O) groups excluding carboxylic acids is 1. The van der Waals surface area contributed by atoms with E-state index >= 15 is 0 Å². The van der Waals surface area contributed by atoms with Crippen molar-refractivity contribution >= 4 is 5.91 Å². The average Bonchev–Trinajstić information content (AvgIpc) is 2.53. The van der Waals surface area contributed by atoms with E-state index in [1.165, 1.54) is 12.1 Å². The lowest BCUT2D eigenvalue weighted by Gasteiger charge is -2.17. The molecule has 0 radical (unpaired) electrons. The van der Waals surface area contributed by atoms with Gasteiger partial charge in [0.1, 0.15) is 5.82 Å². The number of halogens is 4. The first-order chi connectivity index (χ1) is 11.8. The van der Waals surface area contributed by atoms with E-state index in [0.29, 0.717) is 11.1 Å². The van der Waals surface area contributed by atoms with E-state index in [0.717, 1.165) is 12.1 Å². The van der Waals surface area contributed by atoms with Gasteiger partial charge in [0, 0.05) is 18.7 Å². The van der Waals surface area contributed by atoms with E-state index in [-0.39, 0.29) is 25.5 Å². The molecule has 0 saturated carbocycles. The molecule has 1 N–H and O–H groups in total. The van der Waals surface area contributed by atoms with Crippen molar-refractivity contribution in [2.75, 3.05) is 13.6 Å². The highest BCUT2D eigenvalue weighted by Gasteiger charge is 2.30. The smallest absolute Gasteiger partial charge is 0.351 e. The van der Waals surface area contributed by atoms with Crippen LogP contribution < -0.4 is 5.32 Å². The summed E-state index contributed by atoms with van der Waals surface area (Å²) in [6.07, 6.45) is -4.40. The van der Waals surface area contributed by atoms with Gasteiger partial charge in [-0.05, 0) is 24.7 Å². The maximum Gasteiger partial charge on any atom is 0.416 e. The molecule has 3 nitrogen and oxygen atoms in total. The van der Waals surface area contributed by atoms with Gasteiger partial charge in [-0.3, -0.25) is 9.69 Å². The molecule has 0 aliphatic rings. The summed E-state index contributed by atoms with van der Waals surface area (Å²) in [6, 6.07) is 11.1. The first-order valence-corrected chi connectivity index (χ1v) is 7.60. The second-order valence-electron chi connectivity index (χ2n) is 5.74. The van der Waals surface area contributed by atoms with Crippen LogP contribution in [0.5, 0.6) is 0 Å². The summed E-state index contributed by atoms with van der Waals surface area (Å²) in [5, 5.41) is 2.59. The van der Waals surface area contributed by atoms with Crippen LogP contribution in [-0.4, -0.2) is 24.4 Å². The second-order valence-corrected chi connectivity index (χ2v) is 5.74. The van der Waals surface area contributed by atoms with Crippen molar-refractivity contribution in [2.24, 2.45) is 0 Å². The Morgan fingerprint density at radius 2 is 1.84 bits per heavy atom. The molecule has 25 heavy (non-hydrogen) atoms. The van der Waals surface area contributed by atoms with Crippen molar-refractivity contribution in [1.82, 2.24) is 10.2 Å². The SMILES string of the molecule is CN(CC(=O)NCc1ccccc1F)Cc1cccc(C(F)(F)F)c1. The van der Waals surface area contributed by atoms with E-state index in [9.17, 15) is 22.4 Å². The average molecular weight is 354 g/mol. The zero-order chi connectivity index (χ0) is 18.4. The van der Waals surface area contributed by atoms with Crippen LogP contribution in [0.1, 0.15) is 16.7 Å². The first-order valence-electron chi connectivity index (χ1n) is 7.60. The topological polar surface area (TPSA) is 32.3 Å². The normalized spacial score (nSPS) is 11.6. The lowest BCUT2D eigenvalue weighted by atomic mass is 10.1. The minimum Gasteiger partial charge on any atom is -0.351 e. The summed E-state index contributed by atoms with van der Waals surface area (Å²) in [4.78, 5) is 13.5. The van der Waals surface area contributed by atoms with Crippen LogP contribution in [-0.2, 0) is 24.1 Å². The van der Waals surface area contributed by atoms with Crippen molar-refractivity contribution < 1.29 is 22.4 Å². The fraction of sp³-hybridized carbons (Fsp3) is 0.278. The number of nitrogens with one attached hydrogen (secondary N) is 1. The first kappa shape index (κ1) is 18.9. The predicted molar refractivity (Wildman–Crippen MR) is 86.0 cm³/mol. The van der Waals surface area contributed by atoms with E-state index in [1.54, 1.807) is 36.2 Å². The molecule has 0 atom stereocenters. The lowest BCUT2D eigenvalue weighted by Crippen LogP contribution is -2.34. The van der Waals surface area contributed by atoms with Gasteiger partial charge in [-0.25, -0.2) is 4.39 Å². The number of rotatable bonds is 6. The van der Waals surface area contributed by atoms with Gasteiger partial charge in [-0.2, -0.15) is 13.2 Å². The van der Waals surface area contributed by atoms with Gasteiger partial charge in [0.15, 0.2) is 0 Å². The molecule has 2 aromatic rings. The third-order valence-corrected chi connectivity index (χ3v) is 3.55. The highest BCUT2D eigenvalue weighted by atomic mass is 19.4. The van der Waals surface area contributed by atoms with Gasteiger partial charge in [0.05, 0.1) is 12.1 Å². The summed E-state index contributed by atoms with van der Waals surface area (Å²) in [7, 11) is 1.63. The molecule has 0 bridgehead atoms. The number of alkyl halides is 3. The third-order valence-electron chi connectivity index (χ3n) is 3.55. The molecular formula is C18H18F4N2O. The van der Waals surface area contributed by atoms with Crippen LogP contribution in [0.15, 0.2) is 48.5 Å². The predicted octanol–water partition coefficient (Wildman–Crippen LogP) is 3.59. The number of nitrogens with zero attached hydrogens (tertiary/aromatic N) is 1. The molecule has 134 valence electrons. The van der Waals surface area contributed by atoms with Gasteiger partial charge < -0.3 is 5.32 Å². The Labute approximate surface area is 143 Å². The quantitative estimate of drug-likeness (QED) is 0.804. The van der Waals surface area contributed by atoms with Crippen LogP contribution >= 0.6 is 0 Å². The second kappa shape index (κ2) is 8.11. The maximum absolute atomic E-state index is 13.5. The third kappa shape index (κ3) is 5.86. The van der Waals surface area contributed by atoms with Crippen molar-refractivity contribution in [2.45, 2.75) is 19.3 Å². The Bertz CT molecular complexity index is 731. The number of benzene rings is 2. The van der Waals surface area contributed by atoms with Crippen LogP contribution in [0.3, 0.4) is 0 Å². The molecule has 0 aliphatic heterocycles. The number of carbonyl (C=O) groups is 1. The fourth-order valence-electron chi connectivity index (χ4n) is 2.35. The zero-order valence-corrected chi connectivity index (χ0v) is 13.6. The van der Waals surface area contributed by atoms with Crippen molar-refractivity contribution in [3.05, 3.63) is 71.0 Å². The number of hydrogen-bond donors (Lipinski definition) is 1. The monoisotopic (exact) mass is 354 g/mol. The van der Waals surface area contributed by atoms with Crippen LogP contribution in [0.4, 0.5) is 17.6 Å². The van der Waals surface area contributed by atoms with Crippen LogP contribution in [0, 0.1) is 5.82 Å². The molecule has 0 saturated heterocycles. The Balaban J connectivity index is 1.86. The lowest BCUT2D eigenvalue weighted by molar-refractivity contribution is -0.137. The summed E-state index contributed by atoms with van der Waals surface area (Å²) in [6.45, 7) is 0.241. The summed E-state index contributed by atoms with van der Waals surface area (Å²) in [5.41, 5.74) is 0.109. The highest BCUT2D eigenvalue weighted by molar-refractivity contribution is 5.77. The largest absolute Gasteiger partial charge is 0.416 e. The molecular weight excluding hydrogens is 336 g/mol. The van der Waals surface area contributed by atoms with E-state index < -0.39 is 17.6 Å². The molecule has 7 heteroatoms. The van der Waals surface area contributed by atoms with Crippen molar-refractivity contribution in [3.8, 4) is 0 Å². The number of likely N-dealkylation sites (N-methyl/N-ethyl adjacent to an activating group) is 1. The van der Waals surface area contributed by atoms with Gasteiger partial charge in [-0.15, -0.1) is 0 Å². The molecule has 0 aliphatic carbocycles. The van der Waals surface area contributed by atoms with Gasteiger partial charge in [-0.1, -0.05) is 36.4 Å². The summed E-state index contributed by atoms with van der Waals surface area (Å²) < 4.78 is 51.6. The minimum atomic E-state index is -4.40. The minimum absolute atomic E-state index is 0.00923.